The topological polar surface area (TPSA) is 185 Å². The van der Waals surface area contributed by atoms with E-state index in [1.165, 1.54) is 40.9 Å². The highest BCUT2D eigenvalue weighted by Gasteiger charge is 2.50. The first-order chi connectivity index (χ1) is 34.5. The van der Waals surface area contributed by atoms with Gasteiger partial charge in [0.2, 0.25) is 17.7 Å². The molecule has 4 heterocycles. The van der Waals surface area contributed by atoms with Crippen LogP contribution >= 0.6 is 11.6 Å². The molecule has 5 amide bonds. The third kappa shape index (κ3) is 9.35. The molecule has 1 saturated carbocycles. The number of aryl methyl sites for hydroxylation is 1. The van der Waals surface area contributed by atoms with Crippen molar-refractivity contribution in [2.45, 2.75) is 75.3 Å². The maximum absolute atomic E-state index is 16.5. The Morgan fingerprint density at radius 3 is 2.38 bits per heavy atom. The number of likely N-dealkylation sites (tertiary alicyclic amines) is 1. The average molecular weight is 1020 g/mol. The minimum Gasteiger partial charge on any atom is -0.488 e. The highest BCUT2D eigenvalue weighted by atomic mass is 35.5. The molecule has 0 spiro atoms. The number of hydrogen-bond donors (Lipinski definition) is 4. The molecule has 1 aromatic heterocycles. The summed E-state index contributed by atoms with van der Waals surface area (Å²) in [6, 6.07) is 13.6. The van der Waals surface area contributed by atoms with Crippen LogP contribution in [0.1, 0.15) is 90.8 Å². The lowest BCUT2D eigenvalue weighted by atomic mass is 9.77. The van der Waals surface area contributed by atoms with E-state index in [0.717, 1.165) is 5.56 Å². The van der Waals surface area contributed by atoms with Crippen molar-refractivity contribution >= 4 is 52.1 Å². The number of nitrogens with one attached hydrogen (secondary N) is 2. The summed E-state index contributed by atoms with van der Waals surface area (Å²) < 4.78 is 77.8. The number of nitrogens with zero attached hydrogens (tertiary/aromatic N) is 5. The van der Waals surface area contributed by atoms with Gasteiger partial charge < -0.3 is 35.4 Å². The van der Waals surface area contributed by atoms with Crippen molar-refractivity contribution in [3.8, 4) is 22.6 Å². The van der Waals surface area contributed by atoms with Crippen LogP contribution in [-0.4, -0.2) is 114 Å². The summed E-state index contributed by atoms with van der Waals surface area (Å²) in [5.74, 6) is -5.88. The van der Waals surface area contributed by atoms with Crippen LogP contribution in [0, 0.1) is 29.2 Å². The molecular formula is C52H57ClF4N8O7. The van der Waals surface area contributed by atoms with E-state index in [4.69, 9.17) is 26.8 Å². The number of aromatic nitrogens is 2. The summed E-state index contributed by atoms with van der Waals surface area (Å²) in [4.78, 5) is 56.0. The molecule has 0 radical (unpaired) electrons. The van der Waals surface area contributed by atoms with Crippen molar-refractivity contribution < 1.29 is 51.3 Å². The molecule has 0 bridgehead atoms. The van der Waals surface area contributed by atoms with Crippen molar-refractivity contribution in [2.75, 3.05) is 64.4 Å². The second kappa shape index (κ2) is 20.7. The number of piperidine rings is 1. The van der Waals surface area contributed by atoms with E-state index >= 15 is 17.6 Å². The minimum absolute atomic E-state index is 0.00162. The summed E-state index contributed by atoms with van der Waals surface area (Å²) >= 11 is 6.70. The van der Waals surface area contributed by atoms with Gasteiger partial charge in [0.25, 0.3) is 0 Å². The Hall–Kier alpha value is -6.28. The van der Waals surface area contributed by atoms with Gasteiger partial charge in [0.1, 0.15) is 29.5 Å². The van der Waals surface area contributed by atoms with Gasteiger partial charge in [-0.15, -0.1) is 0 Å². The maximum Gasteiger partial charge on any atom is 0.329 e. The number of primary amides is 1. The van der Waals surface area contributed by atoms with E-state index in [9.17, 15) is 24.3 Å². The van der Waals surface area contributed by atoms with Gasteiger partial charge in [-0.05, 0) is 81.3 Å². The van der Waals surface area contributed by atoms with Gasteiger partial charge >= 0.3 is 6.03 Å². The molecule has 15 nitrogen and oxygen atoms in total. The molecule has 4 aliphatic rings. The number of imide groups is 1. The monoisotopic (exact) mass is 1020 g/mol. The van der Waals surface area contributed by atoms with Crippen LogP contribution in [0.4, 0.5) is 28.2 Å². The van der Waals surface area contributed by atoms with Gasteiger partial charge in [-0.25, -0.2) is 22.4 Å². The number of benzene rings is 4. The number of fused-ring (bicyclic) bond motifs is 2. The normalized spacial score (nSPS) is 21.7. The summed E-state index contributed by atoms with van der Waals surface area (Å²) in [7, 11) is 3.34. The van der Waals surface area contributed by atoms with Crippen molar-refractivity contribution in [3.05, 3.63) is 105 Å². The first-order valence-electron chi connectivity index (χ1n) is 24.3. The Kier molecular flexibility index (Phi) is 14.5. The molecule has 2 unspecified atom stereocenters. The molecule has 2 saturated heterocycles. The number of anilines is 1. The maximum atomic E-state index is 16.5. The SMILES string of the molecule is CC1c2c(cc(F)c(Cl)c2-c2c(C(N)=O)ccc(OCCO)c2F)OC1(CNC1CCC(C(=O)N(C)CCN2CCC(c3c(F)cc4c(N5CCC(=O)NC5=O)nn(C)c4c3F)CC2)CC1)c1ccccc1. The zero-order chi connectivity index (χ0) is 51.2. The molecule has 3 aliphatic heterocycles. The van der Waals surface area contributed by atoms with Gasteiger partial charge in [0.15, 0.2) is 28.8 Å². The molecule has 4 aromatic carbocycles. The van der Waals surface area contributed by atoms with Crippen molar-refractivity contribution in [3.63, 3.8) is 0 Å². The third-order valence-corrected chi connectivity index (χ3v) is 15.4. The van der Waals surface area contributed by atoms with Crippen LogP contribution in [0.5, 0.6) is 11.5 Å². The zero-order valence-corrected chi connectivity index (χ0v) is 41.0. The van der Waals surface area contributed by atoms with Crippen LogP contribution in [0.25, 0.3) is 22.0 Å². The number of nitrogens with two attached hydrogens (primary N) is 1. The molecule has 5 aromatic rings. The number of amides is 5. The Morgan fingerprint density at radius 1 is 0.972 bits per heavy atom. The second-order valence-electron chi connectivity index (χ2n) is 19.3. The largest absolute Gasteiger partial charge is 0.488 e. The number of aliphatic hydroxyl groups excluding tert-OH is 1. The smallest absolute Gasteiger partial charge is 0.329 e. The average Bonchev–Trinajstić information content (AvgIpc) is 3.85. The van der Waals surface area contributed by atoms with E-state index in [1.54, 1.807) is 11.9 Å². The first-order valence-corrected chi connectivity index (χ1v) is 24.7. The Balaban J connectivity index is 0.820. The highest BCUT2D eigenvalue weighted by molar-refractivity contribution is 6.34. The molecule has 5 N–H and O–H groups in total. The predicted octanol–water partition coefficient (Wildman–Crippen LogP) is 7.24. The van der Waals surface area contributed by atoms with Crippen LogP contribution in [0.15, 0.2) is 54.6 Å². The predicted molar refractivity (Wildman–Crippen MR) is 261 cm³/mol. The number of carbonyl (C=O) groups excluding carboxylic acids is 4. The molecule has 1 aliphatic carbocycles. The van der Waals surface area contributed by atoms with Gasteiger partial charge in [-0.1, -0.05) is 48.9 Å². The molecule has 3 fully saturated rings. The van der Waals surface area contributed by atoms with E-state index in [-0.39, 0.29) is 100 Å². The van der Waals surface area contributed by atoms with Crippen LogP contribution in [0.2, 0.25) is 5.02 Å². The van der Waals surface area contributed by atoms with E-state index in [1.807, 2.05) is 37.3 Å². The number of carbonyl (C=O) groups is 4. The van der Waals surface area contributed by atoms with Crippen molar-refractivity contribution in [2.24, 2.45) is 18.7 Å². The quantitative estimate of drug-likeness (QED) is 0.0780. The Bertz CT molecular complexity index is 2930. The standard InChI is InChI=1S/C52H57ClF4N8O7/c1-28-40-38(26-36(55)44(53)43(40)42-33(48(58)68)13-14-37(45(42)56)71-24-23-66)72-52(28,31-7-5-4-6-8-31)27-59-32-11-9-30(10-12-32)50(69)62(2)21-22-64-18-15-29(16-19-64)41-35(54)25-34-47(46(41)57)63(3)61-49(34)65-20-17-39(67)60-51(65)70/h4-8,13-14,25-26,28-30,32,59,66H,9-12,15-24,27H2,1-3H3,(H2,58,68)(H,60,67,70). The molecular weight excluding hydrogens is 960 g/mol. The molecule has 2 atom stereocenters. The Morgan fingerprint density at radius 2 is 1.69 bits per heavy atom. The fourth-order valence-electron chi connectivity index (χ4n) is 11.2. The fourth-order valence-corrected chi connectivity index (χ4v) is 11.4. The van der Waals surface area contributed by atoms with E-state index in [2.05, 4.69) is 20.6 Å². The van der Waals surface area contributed by atoms with Gasteiger partial charge in [-0.3, -0.25) is 29.3 Å². The van der Waals surface area contributed by atoms with E-state index in [0.29, 0.717) is 70.3 Å². The number of aliphatic hydroxyl groups is 1. The molecule has 20 heteroatoms. The van der Waals surface area contributed by atoms with Crippen LogP contribution < -0.4 is 30.7 Å². The molecule has 72 heavy (non-hydrogen) atoms. The lowest BCUT2D eigenvalue weighted by Gasteiger charge is -2.37. The van der Waals surface area contributed by atoms with Gasteiger partial charge in [0, 0.05) is 92.9 Å². The number of rotatable bonds is 15. The molecule has 382 valence electrons. The first kappa shape index (κ1) is 50.7. The Labute approximate surface area is 418 Å². The zero-order valence-electron chi connectivity index (χ0n) is 40.2. The van der Waals surface area contributed by atoms with Crippen LogP contribution in [-0.2, 0) is 22.2 Å². The van der Waals surface area contributed by atoms with Gasteiger partial charge in [-0.2, -0.15) is 5.10 Å². The number of urea groups is 1. The minimum atomic E-state index is -1.15. The number of ether oxygens (including phenoxy) is 2. The fraction of sp³-hybridized carbons (Fsp3) is 0.442. The second-order valence-corrected chi connectivity index (χ2v) is 19.6. The lowest BCUT2D eigenvalue weighted by Crippen LogP contribution is -2.49. The highest BCUT2D eigenvalue weighted by Crippen LogP contribution is 2.56. The van der Waals surface area contributed by atoms with Crippen molar-refractivity contribution in [1.82, 2.24) is 30.2 Å². The summed E-state index contributed by atoms with van der Waals surface area (Å²) in [6.45, 7) is 3.78. The van der Waals surface area contributed by atoms with E-state index < -0.39 is 64.3 Å². The number of hydrogen-bond acceptors (Lipinski definition) is 10. The van der Waals surface area contributed by atoms with Crippen LogP contribution in [0.3, 0.4) is 0 Å². The number of halogens is 5. The summed E-state index contributed by atoms with van der Waals surface area (Å²) in [5.41, 5.74) is 5.15. The summed E-state index contributed by atoms with van der Waals surface area (Å²) in [5, 5.41) is 19.3. The molecule has 9 rings (SSSR count). The van der Waals surface area contributed by atoms with Crippen molar-refractivity contribution in [1.29, 1.82) is 0 Å². The van der Waals surface area contributed by atoms with Gasteiger partial charge in [0.05, 0.1) is 22.6 Å². The third-order valence-electron chi connectivity index (χ3n) is 15.1. The lowest BCUT2D eigenvalue weighted by molar-refractivity contribution is -0.135. The number of likely N-dealkylation sites (N-methyl/N-ethyl adjacent to an activating group) is 1. The summed E-state index contributed by atoms with van der Waals surface area (Å²) in [6.07, 6.45) is 3.72.